The number of carbonyl (C=O) groups excluding carboxylic acids is 2. The molecule has 2 aromatic carbocycles. The van der Waals surface area contributed by atoms with Crippen LogP contribution in [0.5, 0.6) is 0 Å². The Morgan fingerprint density at radius 2 is 1.93 bits per heavy atom. The summed E-state index contributed by atoms with van der Waals surface area (Å²) in [5.74, 6) is -1.12. The van der Waals surface area contributed by atoms with Crippen LogP contribution in [0, 0.1) is 5.82 Å². The van der Waals surface area contributed by atoms with Crippen molar-refractivity contribution < 1.29 is 14.0 Å². The van der Waals surface area contributed by atoms with E-state index in [1.165, 1.54) is 23.5 Å². The van der Waals surface area contributed by atoms with Crippen molar-refractivity contribution in [3.63, 3.8) is 0 Å². The van der Waals surface area contributed by atoms with E-state index in [0.29, 0.717) is 17.1 Å². The molecule has 3 aromatic rings. The fourth-order valence-electron chi connectivity index (χ4n) is 3.24. The summed E-state index contributed by atoms with van der Waals surface area (Å²) in [4.78, 5) is 27.6. The summed E-state index contributed by atoms with van der Waals surface area (Å²) in [7, 11) is 0. The Hall–Kier alpha value is -2.99. The molecule has 0 saturated carbocycles. The van der Waals surface area contributed by atoms with Crippen molar-refractivity contribution in [1.29, 1.82) is 0 Å². The molecule has 0 fully saturated rings. The molecule has 1 aliphatic heterocycles. The molecule has 0 bridgehead atoms. The maximum absolute atomic E-state index is 13.8. The first-order valence-electron chi connectivity index (χ1n) is 8.67. The molecule has 136 valence electrons. The van der Waals surface area contributed by atoms with Crippen molar-refractivity contribution in [2.75, 3.05) is 16.8 Å². The van der Waals surface area contributed by atoms with Crippen LogP contribution in [0.15, 0.2) is 60.0 Å². The fraction of sp³-hybridized carbons (Fsp3) is 0.143. The molecule has 4 nitrogen and oxygen atoms in total. The zero-order chi connectivity index (χ0) is 18.8. The molecule has 6 heteroatoms. The predicted octanol–water partition coefficient (Wildman–Crippen LogP) is 4.73. The second kappa shape index (κ2) is 7.32. The summed E-state index contributed by atoms with van der Waals surface area (Å²) >= 11 is 1.41. The van der Waals surface area contributed by atoms with Gasteiger partial charge in [-0.2, -0.15) is 0 Å². The third kappa shape index (κ3) is 3.48. The lowest BCUT2D eigenvalue weighted by Gasteiger charge is -2.29. The van der Waals surface area contributed by atoms with E-state index in [1.54, 1.807) is 29.2 Å². The van der Waals surface area contributed by atoms with E-state index in [9.17, 15) is 14.0 Å². The Kier molecular flexibility index (Phi) is 4.73. The van der Waals surface area contributed by atoms with Gasteiger partial charge in [0, 0.05) is 17.9 Å². The lowest BCUT2D eigenvalue weighted by molar-refractivity contribution is 0.0987. The molecule has 0 unspecified atom stereocenters. The molecule has 27 heavy (non-hydrogen) atoms. The van der Waals surface area contributed by atoms with E-state index < -0.39 is 11.7 Å². The number of hydrogen-bond acceptors (Lipinski definition) is 3. The average molecular weight is 380 g/mol. The van der Waals surface area contributed by atoms with Crippen molar-refractivity contribution in [3.8, 4) is 0 Å². The molecular formula is C21H17FN2O2S. The Morgan fingerprint density at radius 3 is 2.70 bits per heavy atom. The number of fused-ring (bicyclic) bond motifs is 1. The standard InChI is InChI=1S/C21H17FN2O2S/c22-17-7-2-1-6-16(17)20(25)23-15-10-9-14-5-3-11-24(18(14)13-15)21(26)19-8-4-12-27-19/h1-2,4,6-10,12-13H,3,5,11H2,(H,23,25). The summed E-state index contributed by atoms with van der Waals surface area (Å²) in [6.45, 7) is 0.633. The zero-order valence-electron chi connectivity index (χ0n) is 14.4. The molecule has 1 aromatic heterocycles. The highest BCUT2D eigenvalue weighted by Gasteiger charge is 2.25. The normalized spacial score (nSPS) is 13.1. The highest BCUT2D eigenvalue weighted by molar-refractivity contribution is 7.12. The summed E-state index contributed by atoms with van der Waals surface area (Å²) in [5.41, 5.74) is 2.38. The highest BCUT2D eigenvalue weighted by Crippen LogP contribution is 2.32. The molecule has 2 amide bonds. The van der Waals surface area contributed by atoms with Crippen LogP contribution in [-0.2, 0) is 6.42 Å². The summed E-state index contributed by atoms with van der Waals surface area (Å²) < 4.78 is 13.8. The van der Waals surface area contributed by atoms with E-state index in [4.69, 9.17) is 0 Å². The number of thiophene rings is 1. The number of carbonyl (C=O) groups is 2. The number of nitrogens with one attached hydrogen (secondary N) is 1. The number of aryl methyl sites for hydroxylation is 1. The lowest BCUT2D eigenvalue weighted by atomic mass is 10.0. The monoisotopic (exact) mass is 380 g/mol. The maximum atomic E-state index is 13.8. The van der Waals surface area contributed by atoms with Gasteiger partial charge in [0.05, 0.1) is 10.4 Å². The van der Waals surface area contributed by atoms with Gasteiger partial charge in [0.1, 0.15) is 5.82 Å². The highest BCUT2D eigenvalue weighted by atomic mass is 32.1. The quantitative estimate of drug-likeness (QED) is 0.714. The number of amides is 2. The molecule has 4 rings (SSSR count). The van der Waals surface area contributed by atoms with Crippen molar-refractivity contribution in [2.45, 2.75) is 12.8 Å². The van der Waals surface area contributed by atoms with Gasteiger partial charge in [0.2, 0.25) is 0 Å². The van der Waals surface area contributed by atoms with Crippen LogP contribution in [-0.4, -0.2) is 18.4 Å². The van der Waals surface area contributed by atoms with E-state index >= 15 is 0 Å². The molecular weight excluding hydrogens is 363 g/mol. The molecule has 1 aliphatic rings. The first-order chi connectivity index (χ1) is 13.1. The molecule has 1 N–H and O–H groups in total. The molecule has 2 heterocycles. The van der Waals surface area contributed by atoms with Gasteiger partial charge in [-0.15, -0.1) is 11.3 Å². The topological polar surface area (TPSA) is 49.4 Å². The molecule has 0 radical (unpaired) electrons. The van der Waals surface area contributed by atoms with Crippen LogP contribution >= 0.6 is 11.3 Å². The minimum Gasteiger partial charge on any atom is -0.322 e. The van der Waals surface area contributed by atoms with E-state index in [-0.39, 0.29) is 11.5 Å². The van der Waals surface area contributed by atoms with Crippen LogP contribution in [0.25, 0.3) is 0 Å². The van der Waals surface area contributed by atoms with Gasteiger partial charge in [0.25, 0.3) is 11.8 Å². The van der Waals surface area contributed by atoms with Gasteiger partial charge in [-0.25, -0.2) is 4.39 Å². The van der Waals surface area contributed by atoms with Crippen molar-refractivity contribution in [3.05, 3.63) is 81.8 Å². The predicted molar refractivity (Wildman–Crippen MR) is 105 cm³/mol. The van der Waals surface area contributed by atoms with Crippen LogP contribution in [0.4, 0.5) is 15.8 Å². The molecule has 0 saturated heterocycles. The van der Waals surface area contributed by atoms with Crippen molar-refractivity contribution >= 4 is 34.5 Å². The maximum Gasteiger partial charge on any atom is 0.268 e. The van der Waals surface area contributed by atoms with Crippen LogP contribution in [0.2, 0.25) is 0 Å². The number of halogens is 1. The third-order valence-corrected chi connectivity index (χ3v) is 5.42. The van der Waals surface area contributed by atoms with Gasteiger partial charge in [-0.1, -0.05) is 24.3 Å². The Balaban J connectivity index is 1.62. The van der Waals surface area contributed by atoms with Crippen LogP contribution in [0.1, 0.15) is 32.0 Å². The minimum absolute atomic E-state index is 0.0123. The van der Waals surface area contributed by atoms with Gasteiger partial charge >= 0.3 is 0 Å². The summed E-state index contributed by atoms with van der Waals surface area (Å²) in [6, 6.07) is 15.0. The Labute approximate surface area is 160 Å². The smallest absolute Gasteiger partial charge is 0.268 e. The lowest BCUT2D eigenvalue weighted by Crippen LogP contribution is -2.35. The molecule has 0 aliphatic carbocycles. The van der Waals surface area contributed by atoms with Gasteiger partial charge in [0.15, 0.2) is 0 Å². The number of benzene rings is 2. The number of nitrogens with zero attached hydrogens (tertiary/aromatic N) is 1. The first-order valence-corrected chi connectivity index (χ1v) is 9.55. The largest absolute Gasteiger partial charge is 0.322 e. The number of anilines is 2. The summed E-state index contributed by atoms with van der Waals surface area (Å²) in [6.07, 6.45) is 1.77. The van der Waals surface area contributed by atoms with E-state index in [2.05, 4.69) is 5.32 Å². The Bertz CT molecular complexity index is 1000. The van der Waals surface area contributed by atoms with Gasteiger partial charge in [-0.05, 0) is 54.1 Å². The SMILES string of the molecule is O=C(Nc1ccc2c(c1)N(C(=O)c1cccs1)CCC2)c1ccccc1F. The van der Waals surface area contributed by atoms with Crippen LogP contribution < -0.4 is 10.2 Å². The van der Waals surface area contributed by atoms with Gasteiger partial charge < -0.3 is 10.2 Å². The zero-order valence-corrected chi connectivity index (χ0v) is 15.3. The molecule has 0 atom stereocenters. The second-order valence-corrected chi connectivity index (χ2v) is 7.26. The summed E-state index contributed by atoms with van der Waals surface area (Å²) in [5, 5.41) is 4.61. The van der Waals surface area contributed by atoms with Gasteiger partial charge in [-0.3, -0.25) is 9.59 Å². The number of hydrogen-bond donors (Lipinski definition) is 1. The van der Waals surface area contributed by atoms with E-state index in [1.807, 2.05) is 23.6 Å². The van der Waals surface area contributed by atoms with Crippen molar-refractivity contribution in [1.82, 2.24) is 0 Å². The van der Waals surface area contributed by atoms with Crippen molar-refractivity contribution in [2.24, 2.45) is 0 Å². The average Bonchev–Trinajstić information content (AvgIpc) is 3.22. The molecule has 0 spiro atoms. The number of rotatable bonds is 3. The fourth-order valence-corrected chi connectivity index (χ4v) is 3.91. The first kappa shape index (κ1) is 17.4. The third-order valence-electron chi connectivity index (χ3n) is 4.56. The minimum atomic E-state index is -0.567. The Morgan fingerprint density at radius 1 is 1.07 bits per heavy atom. The van der Waals surface area contributed by atoms with Crippen LogP contribution in [0.3, 0.4) is 0 Å². The van der Waals surface area contributed by atoms with E-state index in [0.717, 1.165) is 24.1 Å². The second-order valence-electron chi connectivity index (χ2n) is 6.32.